The Kier molecular flexibility index (Phi) is 4.50. The van der Waals surface area contributed by atoms with E-state index in [1.807, 2.05) is 0 Å². The number of nitrogens with zero attached hydrogens (tertiary/aromatic N) is 2. The van der Waals surface area contributed by atoms with E-state index in [4.69, 9.17) is 11.6 Å². The average Bonchev–Trinajstić information content (AvgIpc) is 2.77. The maximum Gasteiger partial charge on any atom is 0.334 e. The summed E-state index contributed by atoms with van der Waals surface area (Å²) in [6.07, 6.45) is 0. The number of rotatable bonds is 4. The fourth-order valence-electron chi connectivity index (χ4n) is 2.44. The summed E-state index contributed by atoms with van der Waals surface area (Å²) >= 11 is 5.90. The summed E-state index contributed by atoms with van der Waals surface area (Å²) in [7, 11) is 0. The van der Waals surface area contributed by atoms with Crippen LogP contribution in [0, 0.1) is 11.6 Å². The summed E-state index contributed by atoms with van der Waals surface area (Å²) in [4.78, 5) is 37.9. The van der Waals surface area contributed by atoms with Gasteiger partial charge in [0, 0.05) is 10.6 Å². The summed E-state index contributed by atoms with van der Waals surface area (Å²) in [6, 6.07) is 8.23. The van der Waals surface area contributed by atoms with Crippen LogP contribution in [0.1, 0.15) is 11.1 Å². The molecule has 1 fully saturated rings. The first-order valence-corrected chi connectivity index (χ1v) is 7.61. The van der Waals surface area contributed by atoms with Gasteiger partial charge < -0.3 is 0 Å². The largest absolute Gasteiger partial charge is 0.334 e. The van der Waals surface area contributed by atoms with Gasteiger partial charge in [-0.25, -0.2) is 13.6 Å². The Bertz CT molecular complexity index is 850. The molecule has 4 amide bonds. The predicted octanol–water partition coefficient (Wildman–Crippen LogP) is 3.11. The van der Waals surface area contributed by atoms with Gasteiger partial charge in [0.15, 0.2) is 0 Å². The molecule has 3 rings (SSSR count). The molecule has 8 heteroatoms. The maximum absolute atomic E-state index is 13.9. The smallest absolute Gasteiger partial charge is 0.263 e. The van der Waals surface area contributed by atoms with Crippen LogP contribution in [0.3, 0.4) is 0 Å². The number of benzene rings is 2. The molecule has 0 aliphatic carbocycles. The molecular weight excluding hydrogens is 354 g/mol. The van der Waals surface area contributed by atoms with E-state index in [1.54, 1.807) is 0 Å². The molecule has 128 valence electrons. The van der Waals surface area contributed by atoms with Crippen LogP contribution in [0.15, 0.2) is 42.5 Å². The highest BCUT2D eigenvalue weighted by Crippen LogP contribution is 2.24. The van der Waals surface area contributed by atoms with E-state index in [9.17, 15) is 23.2 Å². The lowest BCUT2D eigenvalue weighted by molar-refractivity contribution is -0.143. The van der Waals surface area contributed by atoms with Crippen molar-refractivity contribution in [2.24, 2.45) is 0 Å². The number of halogens is 3. The predicted molar refractivity (Wildman–Crippen MR) is 84.3 cm³/mol. The van der Waals surface area contributed by atoms with E-state index >= 15 is 0 Å². The fourth-order valence-corrected chi connectivity index (χ4v) is 2.67. The Morgan fingerprint density at radius 2 is 1.44 bits per heavy atom. The van der Waals surface area contributed by atoms with E-state index in [-0.39, 0.29) is 17.1 Å². The van der Waals surface area contributed by atoms with Gasteiger partial charge in [0.2, 0.25) is 0 Å². The zero-order chi connectivity index (χ0) is 18.1. The number of carbonyl (C=O) groups is 3. The Morgan fingerprint density at radius 1 is 0.840 bits per heavy atom. The monoisotopic (exact) mass is 364 g/mol. The molecule has 5 nitrogen and oxygen atoms in total. The summed E-state index contributed by atoms with van der Waals surface area (Å²) in [5.41, 5.74) is 0.420. The second-order valence-electron chi connectivity index (χ2n) is 5.39. The number of carbonyl (C=O) groups excluding carboxylic acids is 3. The van der Waals surface area contributed by atoms with E-state index in [1.165, 1.54) is 36.4 Å². The number of urea groups is 1. The molecule has 1 aliphatic rings. The minimum absolute atomic E-state index is 0.0463. The van der Waals surface area contributed by atoms with Gasteiger partial charge in [-0.3, -0.25) is 19.4 Å². The van der Waals surface area contributed by atoms with Crippen LogP contribution < -0.4 is 0 Å². The molecular formula is C17H11ClF2N2O3. The van der Waals surface area contributed by atoms with Crippen molar-refractivity contribution in [1.29, 1.82) is 0 Å². The molecule has 0 spiro atoms. The van der Waals surface area contributed by atoms with Crippen LogP contribution in [-0.2, 0) is 22.7 Å². The molecule has 0 atom stereocenters. The molecule has 0 unspecified atom stereocenters. The molecule has 0 bridgehead atoms. The molecule has 1 heterocycles. The molecule has 2 aromatic carbocycles. The van der Waals surface area contributed by atoms with Gasteiger partial charge >= 0.3 is 17.8 Å². The van der Waals surface area contributed by atoms with Crippen molar-refractivity contribution in [2.45, 2.75) is 13.1 Å². The number of imide groups is 2. The van der Waals surface area contributed by atoms with Crippen LogP contribution in [0.25, 0.3) is 0 Å². The van der Waals surface area contributed by atoms with Gasteiger partial charge in [-0.15, -0.1) is 0 Å². The minimum atomic E-state index is -1.06. The molecule has 2 aromatic rings. The third kappa shape index (κ3) is 3.23. The number of hydrogen-bond donors (Lipinski definition) is 0. The van der Waals surface area contributed by atoms with Crippen LogP contribution in [-0.4, -0.2) is 27.6 Å². The SMILES string of the molecule is O=C1C(=O)N(Cc2c(F)cccc2Cl)C(=O)N1Cc1ccc(F)cc1. The van der Waals surface area contributed by atoms with Crippen molar-refractivity contribution < 1.29 is 23.2 Å². The van der Waals surface area contributed by atoms with Gasteiger partial charge in [0.05, 0.1) is 13.1 Å². The van der Waals surface area contributed by atoms with E-state index in [0.29, 0.717) is 10.5 Å². The first-order valence-electron chi connectivity index (χ1n) is 7.23. The minimum Gasteiger partial charge on any atom is -0.263 e. The highest BCUT2D eigenvalue weighted by atomic mass is 35.5. The van der Waals surface area contributed by atoms with Crippen molar-refractivity contribution in [3.63, 3.8) is 0 Å². The molecule has 0 saturated carbocycles. The summed E-state index contributed by atoms with van der Waals surface area (Å²) in [5.74, 6) is -3.24. The second kappa shape index (κ2) is 6.60. The number of hydrogen-bond acceptors (Lipinski definition) is 3. The van der Waals surface area contributed by atoms with Crippen LogP contribution in [0.5, 0.6) is 0 Å². The lowest BCUT2D eigenvalue weighted by atomic mass is 10.2. The Hall–Kier alpha value is -2.80. The Balaban J connectivity index is 1.83. The van der Waals surface area contributed by atoms with E-state index < -0.39 is 36.0 Å². The van der Waals surface area contributed by atoms with Gasteiger partial charge in [-0.05, 0) is 29.8 Å². The van der Waals surface area contributed by atoms with Crippen molar-refractivity contribution in [3.8, 4) is 0 Å². The lowest BCUT2D eigenvalue weighted by Gasteiger charge is -2.16. The molecule has 1 aliphatic heterocycles. The highest BCUT2D eigenvalue weighted by molar-refractivity contribution is 6.44. The van der Waals surface area contributed by atoms with Gasteiger partial charge in [0.1, 0.15) is 11.6 Å². The normalized spacial score (nSPS) is 14.6. The highest BCUT2D eigenvalue weighted by Gasteiger charge is 2.44. The molecule has 25 heavy (non-hydrogen) atoms. The second-order valence-corrected chi connectivity index (χ2v) is 5.80. The fraction of sp³-hybridized carbons (Fsp3) is 0.118. The van der Waals surface area contributed by atoms with Crippen molar-refractivity contribution in [1.82, 2.24) is 9.80 Å². The van der Waals surface area contributed by atoms with E-state index in [2.05, 4.69) is 0 Å². The lowest BCUT2D eigenvalue weighted by Crippen LogP contribution is -2.33. The zero-order valence-electron chi connectivity index (χ0n) is 12.7. The van der Waals surface area contributed by atoms with Crippen molar-refractivity contribution in [3.05, 3.63) is 70.2 Å². The van der Waals surface area contributed by atoms with Crippen LogP contribution >= 0.6 is 11.6 Å². The third-order valence-corrected chi connectivity index (χ3v) is 4.12. The first kappa shape index (κ1) is 17.0. The van der Waals surface area contributed by atoms with Crippen molar-refractivity contribution >= 4 is 29.4 Å². The summed E-state index contributed by atoms with van der Waals surface area (Å²) in [5, 5.41) is 0.0463. The molecule has 0 radical (unpaired) electrons. The zero-order valence-corrected chi connectivity index (χ0v) is 13.5. The summed E-state index contributed by atoms with van der Waals surface area (Å²) < 4.78 is 26.8. The average molecular weight is 365 g/mol. The third-order valence-electron chi connectivity index (χ3n) is 3.77. The summed E-state index contributed by atoms with van der Waals surface area (Å²) in [6.45, 7) is -0.639. The molecule has 1 saturated heterocycles. The van der Waals surface area contributed by atoms with Crippen molar-refractivity contribution in [2.75, 3.05) is 0 Å². The quantitative estimate of drug-likeness (QED) is 0.618. The van der Waals surface area contributed by atoms with Gasteiger partial charge in [0.25, 0.3) is 0 Å². The Labute approximate surface area is 146 Å². The number of amides is 4. The molecule has 0 N–H and O–H groups in total. The first-order chi connectivity index (χ1) is 11.9. The topological polar surface area (TPSA) is 57.7 Å². The Morgan fingerprint density at radius 3 is 2.04 bits per heavy atom. The van der Waals surface area contributed by atoms with Gasteiger partial charge in [-0.1, -0.05) is 29.8 Å². The van der Waals surface area contributed by atoms with Crippen LogP contribution in [0.4, 0.5) is 13.6 Å². The van der Waals surface area contributed by atoms with Gasteiger partial charge in [-0.2, -0.15) is 0 Å². The maximum atomic E-state index is 13.9. The molecule has 0 aromatic heterocycles. The van der Waals surface area contributed by atoms with E-state index in [0.717, 1.165) is 11.0 Å². The van der Waals surface area contributed by atoms with Crippen LogP contribution in [0.2, 0.25) is 5.02 Å². The standard InChI is InChI=1S/C17H11ClF2N2O3/c18-13-2-1-3-14(20)12(13)9-22-16(24)15(23)21(17(22)25)8-10-4-6-11(19)7-5-10/h1-7H,8-9H2.